The normalized spacial score (nSPS) is 16.3. The quantitative estimate of drug-likeness (QED) is 0.578. The minimum absolute atomic E-state index is 0.0545. The van der Waals surface area contributed by atoms with E-state index in [1.807, 2.05) is 54.9 Å². The topological polar surface area (TPSA) is 82.6 Å². The molecule has 32 heavy (non-hydrogen) atoms. The Morgan fingerprint density at radius 1 is 1.22 bits per heavy atom. The summed E-state index contributed by atoms with van der Waals surface area (Å²) in [6.07, 6.45) is 4.95. The number of likely N-dealkylation sites (tertiary alicyclic amines) is 1. The highest BCUT2D eigenvalue weighted by Crippen LogP contribution is 2.38. The molecule has 1 aromatic carbocycles. The van der Waals surface area contributed by atoms with E-state index >= 15 is 0 Å². The zero-order valence-corrected chi connectivity index (χ0v) is 19.3. The number of piperidine rings is 1. The monoisotopic (exact) mass is 438 g/mol. The fourth-order valence-electron chi connectivity index (χ4n) is 4.48. The Morgan fingerprint density at radius 3 is 2.72 bits per heavy atom. The predicted octanol–water partition coefficient (Wildman–Crippen LogP) is 4.01. The van der Waals surface area contributed by atoms with Gasteiger partial charge in [0.1, 0.15) is 11.5 Å². The van der Waals surface area contributed by atoms with E-state index in [2.05, 4.69) is 10.3 Å². The highest BCUT2D eigenvalue weighted by Gasteiger charge is 2.33. The van der Waals surface area contributed by atoms with Crippen LogP contribution < -0.4 is 9.47 Å². The average Bonchev–Trinajstić information content (AvgIpc) is 3.35. The summed E-state index contributed by atoms with van der Waals surface area (Å²) < 4.78 is 18.3. The van der Waals surface area contributed by atoms with Gasteiger partial charge in [0, 0.05) is 24.7 Å². The van der Waals surface area contributed by atoms with Gasteiger partial charge >= 0.3 is 0 Å². The van der Waals surface area contributed by atoms with Crippen LogP contribution in [0.5, 0.6) is 11.5 Å². The van der Waals surface area contributed by atoms with Crippen molar-refractivity contribution < 1.29 is 18.8 Å². The molecule has 0 bridgehead atoms. The van der Waals surface area contributed by atoms with E-state index in [0.717, 1.165) is 53.1 Å². The number of methoxy groups -OCH3 is 2. The molecule has 1 aliphatic heterocycles. The molecule has 3 aromatic rings. The van der Waals surface area contributed by atoms with Crippen LogP contribution in [-0.2, 0) is 18.3 Å². The number of hydrogen-bond donors (Lipinski definition) is 0. The smallest absolute Gasteiger partial charge is 0.227 e. The molecule has 1 fully saturated rings. The molecule has 8 heteroatoms. The van der Waals surface area contributed by atoms with Crippen LogP contribution in [0.1, 0.15) is 47.8 Å². The van der Waals surface area contributed by atoms with Crippen molar-refractivity contribution in [2.24, 2.45) is 7.05 Å². The van der Waals surface area contributed by atoms with E-state index in [1.165, 1.54) is 0 Å². The van der Waals surface area contributed by atoms with Crippen molar-refractivity contribution in [2.75, 3.05) is 20.8 Å². The first-order valence-corrected chi connectivity index (χ1v) is 10.9. The van der Waals surface area contributed by atoms with Gasteiger partial charge in [-0.3, -0.25) is 9.48 Å². The lowest BCUT2D eigenvalue weighted by molar-refractivity contribution is -0.134. The zero-order chi connectivity index (χ0) is 22.8. The second kappa shape index (κ2) is 9.06. The van der Waals surface area contributed by atoms with Crippen molar-refractivity contribution in [3.05, 3.63) is 46.9 Å². The molecule has 0 unspecified atom stereocenters. The summed E-state index contributed by atoms with van der Waals surface area (Å²) in [6, 6.07) is 5.45. The van der Waals surface area contributed by atoms with Gasteiger partial charge in [0.15, 0.2) is 5.76 Å². The number of carbonyl (C=O) groups is 1. The first kappa shape index (κ1) is 21.9. The number of benzene rings is 1. The summed E-state index contributed by atoms with van der Waals surface area (Å²) in [5.41, 5.74) is 4.54. The second-order valence-corrected chi connectivity index (χ2v) is 8.24. The van der Waals surface area contributed by atoms with Gasteiger partial charge in [-0.1, -0.05) is 5.16 Å². The first-order valence-electron chi connectivity index (χ1n) is 10.9. The SMILES string of the molecule is COc1ccc(OC)c(CC(=O)N2CCCC[C@H]2c2c(-c3onc(C)c3C)cnn2C)c1. The van der Waals surface area contributed by atoms with Crippen LogP contribution in [0.25, 0.3) is 11.3 Å². The number of aryl methyl sites for hydroxylation is 2. The summed E-state index contributed by atoms with van der Waals surface area (Å²) in [4.78, 5) is 15.5. The van der Waals surface area contributed by atoms with E-state index in [-0.39, 0.29) is 18.4 Å². The molecule has 0 N–H and O–H groups in total. The minimum Gasteiger partial charge on any atom is -0.497 e. The maximum absolute atomic E-state index is 13.5. The van der Waals surface area contributed by atoms with Gasteiger partial charge in [0.2, 0.25) is 5.91 Å². The van der Waals surface area contributed by atoms with Crippen LogP contribution in [0.2, 0.25) is 0 Å². The fraction of sp³-hybridized carbons (Fsp3) is 0.458. The lowest BCUT2D eigenvalue weighted by Gasteiger charge is -2.36. The fourth-order valence-corrected chi connectivity index (χ4v) is 4.48. The van der Waals surface area contributed by atoms with Crippen LogP contribution in [-0.4, -0.2) is 46.5 Å². The molecule has 1 amide bonds. The molecule has 1 saturated heterocycles. The van der Waals surface area contributed by atoms with Crippen LogP contribution in [0.3, 0.4) is 0 Å². The summed E-state index contributed by atoms with van der Waals surface area (Å²) >= 11 is 0. The number of nitrogens with zero attached hydrogens (tertiary/aromatic N) is 4. The Kier molecular flexibility index (Phi) is 6.21. The van der Waals surface area contributed by atoms with E-state index in [4.69, 9.17) is 14.0 Å². The van der Waals surface area contributed by atoms with Crippen LogP contribution in [0, 0.1) is 13.8 Å². The largest absolute Gasteiger partial charge is 0.497 e. The number of carbonyl (C=O) groups excluding carboxylic acids is 1. The third-order valence-corrected chi connectivity index (χ3v) is 6.35. The molecular formula is C24H30N4O4. The minimum atomic E-state index is -0.0832. The standard InChI is InChI=1S/C24H30N4O4/c1-15-16(2)26-32-24(15)19-14-25-27(3)23(19)20-8-6-7-11-28(20)22(29)13-17-12-18(30-4)9-10-21(17)31-5/h9-10,12,14,20H,6-8,11,13H2,1-5H3/t20-/m0/s1. The van der Waals surface area contributed by atoms with E-state index in [9.17, 15) is 4.79 Å². The molecule has 0 spiro atoms. The number of amides is 1. The van der Waals surface area contributed by atoms with Gasteiger partial charge in [-0.2, -0.15) is 5.10 Å². The summed E-state index contributed by atoms with van der Waals surface area (Å²) in [5, 5.41) is 8.62. The maximum Gasteiger partial charge on any atom is 0.227 e. The lowest BCUT2D eigenvalue weighted by Crippen LogP contribution is -2.40. The van der Waals surface area contributed by atoms with Gasteiger partial charge in [0.05, 0.1) is 49.8 Å². The Bertz CT molecular complexity index is 1120. The van der Waals surface area contributed by atoms with E-state index < -0.39 is 0 Å². The van der Waals surface area contributed by atoms with Crippen LogP contribution >= 0.6 is 0 Å². The molecule has 0 saturated carbocycles. The second-order valence-electron chi connectivity index (χ2n) is 8.24. The molecule has 3 heterocycles. The van der Waals surface area contributed by atoms with Gasteiger partial charge in [-0.15, -0.1) is 0 Å². The molecule has 0 aliphatic carbocycles. The maximum atomic E-state index is 13.5. The number of hydrogen-bond acceptors (Lipinski definition) is 6. The third kappa shape index (κ3) is 3.97. The third-order valence-electron chi connectivity index (χ3n) is 6.35. The van der Waals surface area contributed by atoms with Gasteiger partial charge in [-0.05, 0) is 51.3 Å². The molecule has 4 rings (SSSR count). The molecule has 2 aromatic heterocycles. The molecule has 170 valence electrons. The molecular weight excluding hydrogens is 408 g/mol. The van der Waals surface area contributed by atoms with Gasteiger partial charge in [0.25, 0.3) is 0 Å². The Hall–Kier alpha value is -3.29. The average molecular weight is 439 g/mol. The summed E-state index contributed by atoms with van der Waals surface area (Å²) in [7, 11) is 5.15. The molecule has 1 aliphatic rings. The van der Waals surface area contributed by atoms with Crippen LogP contribution in [0.15, 0.2) is 28.9 Å². The highest BCUT2D eigenvalue weighted by molar-refractivity contribution is 5.80. The van der Waals surface area contributed by atoms with E-state index in [0.29, 0.717) is 18.0 Å². The van der Waals surface area contributed by atoms with Crippen LogP contribution in [0.4, 0.5) is 0 Å². The Morgan fingerprint density at radius 2 is 2.03 bits per heavy atom. The van der Waals surface area contributed by atoms with E-state index in [1.54, 1.807) is 14.2 Å². The van der Waals surface area contributed by atoms with Crippen molar-refractivity contribution in [1.29, 1.82) is 0 Å². The Balaban J connectivity index is 1.67. The summed E-state index contributed by atoms with van der Waals surface area (Å²) in [5.74, 6) is 2.16. The Labute approximate surface area is 188 Å². The van der Waals surface area contributed by atoms with Gasteiger partial charge < -0.3 is 18.9 Å². The highest BCUT2D eigenvalue weighted by atomic mass is 16.5. The number of ether oxygens (including phenoxy) is 2. The van der Waals surface area contributed by atoms with Crippen molar-refractivity contribution in [3.63, 3.8) is 0 Å². The first-order chi connectivity index (χ1) is 15.4. The van der Waals surface area contributed by atoms with Crippen molar-refractivity contribution in [2.45, 2.75) is 45.6 Å². The summed E-state index contributed by atoms with van der Waals surface area (Å²) in [6.45, 7) is 4.63. The lowest BCUT2D eigenvalue weighted by atomic mass is 9.94. The van der Waals surface area contributed by atoms with Crippen molar-refractivity contribution in [1.82, 2.24) is 19.8 Å². The molecule has 0 radical (unpaired) electrons. The predicted molar refractivity (Wildman–Crippen MR) is 120 cm³/mol. The van der Waals surface area contributed by atoms with Crippen molar-refractivity contribution >= 4 is 5.91 Å². The zero-order valence-electron chi connectivity index (χ0n) is 19.3. The molecule has 1 atom stereocenters. The number of aromatic nitrogens is 3. The molecule has 8 nitrogen and oxygen atoms in total. The number of rotatable bonds is 6. The van der Waals surface area contributed by atoms with Gasteiger partial charge in [-0.25, -0.2) is 0 Å². The van der Waals surface area contributed by atoms with Crippen molar-refractivity contribution in [3.8, 4) is 22.8 Å².